The molecule has 0 saturated carbocycles. The van der Waals surface area contributed by atoms with Crippen LogP contribution in [0.3, 0.4) is 0 Å². The van der Waals surface area contributed by atoms with E-state index in [2.05, 4.69) is 30.4 Å². The van der Waals surface area contributed by atoms with Crippen molar-refractivity contribution in [3.8, 4) is 11.1 Å². The van der Waals surface area contributed by atoms with E-state index >= 15 is 0 Å². The molecule has 0 unspecified atom stereocenters. The highest BCUT2D eigenvalue weighted by atomic mass is 19.1. The summed E-state index contributed by atoms with van der Waals surface area (Å²) in [6.07, 6.45) is 5.27. The molecule has 0 N–H and O–H groups in total. The summed E-state index contributed by atoms with van der Waals surface area (Å²) in [5.41, 5.74) is 5.33. The first-order valence-electron chi connectivity index (χ1n) is 5.80. The fraction of sp³-hybridized carbons (Fsp3) is 0.125. The maximum Gasteiger partial charge on any atom is 0.126 e. The highest BCUT2D eigenvalue weighted by Gasteiger charge is 2.07. The molecular formula is C16H13F. The number of rotatable bonds is 1. The van der Waals surface area contributed by atoms with Crippen LogP contribution in [-0.4, -0.2) is 0 Å². The van der Waals surface area contributed by atoms with E-state index < -0.39 is 0 Å². The maximum atomic E-state index is 13.5. The van der Waals surface area contributed by atoms with Gasteiger partial charge in [-0.1, -0.05) is 42.5 Å². The minimum absolute atomic E-state index is 0.138. The van der Waals surface area contributed by atoms with Crippen molar-refractivity contribution in [3.63, 3.8) is 0 Å². The quantitative estimate of drug-likeness (QED) is 0.674. The van der Waals surface area contributed by atoms with E-state index in [-0.39, 0.29) is 5.82 Å². The Balaban J connectivity index is 2.07. The van der Waals surface area contributed by atoms with Crippen LogP contribution < -0.4 is 0 Å². The summed E-state index contributed by atoms with van der Waals surface area (Å²) in [7, 11) is 0. The Morgan fingerprint density at radius 1 is 1.00 bits per heavy atom. The third-order valence-corrected chi connectivity index (χ3v) is 3.28. The van der Waals surface area contributed by atoms with Gasteiger partial charge in [-0.05, 0) is 47.2 Å². The molecule has 1 aliphatic rings. The Kier molecular flexibility index (Phi) is 2.32. The Hall–Kier alpha value is -1.89. The molecule has 0 saturated heterocycles. The lowest BCUT2D eigenvalue weighted by Gasteiger charge is -2.06. The molecule has 0 heterocycles. The van der Waals surface area contributed by atoms with E-state index in [1.807, 2.05) is 12.1 Å². The zero-order valence-electron chi connectivity index (χ0n) is 9.70. The molecule has 0 amide bonds. The molecule has 1 heteroatoms. The van der Waals surface area contributed by atoms with Crippen molar-refractivity contribution in [2.24, 2.45) is 0 Å². The Morgan fingerprint density at radius 3 is 2.59 bits per heavy atom. The van der Waals surface area contributed by atoms with E-state index in [9.17, 15) is 4.39 Å². The van der Waals surface area contributed by atoms with Crippen LogP contribution in [0.4, 0.5) is 4.39 Å². The molecule has 0 aromatic heterocycles. The van der Waals surface area contributed by atoms with Gasteiger partial charge < -0.3 is 0 Å². The van der Waals surface area contributed by atoms with Gasteiger partial charge in [-0.2, -0.15) is 0 Å². The molecule has 0 aliphatic heterocycles. The predicted molar refractivity (Wildman–Crippen MR) is 69.3 cm³/mol. The van der Waals surface area contributed by atoms with E-state index in [4.69, 9.17) is 0 Å². The van der Waals surface area contributed by atoms with Gasteiger partial charge in [0, 0.05) is 0 Å². The number of fused-ring (bicyclic) bond motifs is 1. The molecule has 2 aromatic carbocycles. The van der Waals surface area contributed by atoms with Gasteiger partial charge in [-0.3, -0.25) is 0 Å². The van der Waals surface area contributed by atoms with Gasteiger partial charge in [0.1, 0.15) is 5.82 Å². The van der Waals surface area contributed by atoms with E-state index in [1.54, 1.807) is 13.0 Å². The average molecular weight is 224 g/mol. The van der Waals surface area contributed by atoms with Crippen LogP contribution in [0, 0.1) is 12.7 Å². The van der Waals surface area contributed by atoms with E-state index in [0.717, 1.165) is 17.5 Å². The Labute approximate surface area is 100 Å². The number of benzene rings is 2. The Morgan fingerprint density at radius 2 is 1.76 bits per heavy atom. The van der Waals surface area contributed by atoms with Crippen molar-refractivity contribution in [2.45, 2.75) is 13.3 Å². The third kappa shape index (κ3) is 1.78. The largest absolute Gasteiger partial charge is 0.207 e. The summed E-state index contributed by atoms with van der Waals surface area (Å²) < 4.78 is 13.5. The SMILES string of the molecule is Cc1ccc(-c2ccc3c(c2)CC=C3)cc1F. The number of aryl methyl sites for hydroxylation is 1. The van der Waals surface area contributed by atoms with Crippen LogP contribution in [0.15, 0.2) is 42.5 Å². The van der Waals surface area contributed by atoms with Crippen LogP contribution >= 0.6 is 0 Å². The van der Waals surface area contributed by atoms with Crippen molar-refractivity contribution in [2.75, 3.05) is 0 Å². The van der Waals surface area contributed by atoms with Gasteiger partial charge in [0.15, 0.2) is 0 Å². The summed E-state index contributed by atoms with van der Waals surface area (Å²) in [5, 5.41) is 0. The first kappa shape index (κ1) is 10.3. The van der Waals surface area contributed by atoms with Crippen molar-refractivity contribution in [1.82, 2.24) is 0 Å². The summed E-state index contributed by atoms with van der Waals surface area (Å²) in [5.74, 6) is -0.138. The van der Waals surface area contributed by atoms with Crippen LogP contribution in [0.25, 0.3) is 17.2 Å². The molecule has 17 heavy (non-hydrogen) atoms. The average Bonchev–Trinajstić information content (AvgIpc) is 2.79. The normalized spacial score (nSPS) is 12.8. The standard InChI is InChI=1S/C16H13F/c1-11-5-6-15(10-16(11)17)14-8-7-12-3-2-4-13(12)9-14/h2-3,5-10H,4H2,1H3. The lowest BCUT2D eigenvalue weighted by molar-refractivity contribution is 0.619. The minimum atomic E-state index is -0.138. The first-order valence-corrected chi connectivity index (χ1v) is 5.80. The minimum Gasteiger partial charge on any atom is -0.207 e. The van der Waals surface area contributed by atoms with Crippen LogP contribution in [-0.2, 0) is 6.42 Å². The second kappa shape index (κ2) is 3.85. The number of hydrogen-bond acceptors (Lipinski definition) is 0. The molecule has 0 fully saturated rings. The van der Waals surface area contributed by atoms with E-state index in [1.165, 1.54) is 11.1 Å². The van der Waals surface area contributed by atoms with E-state index in [0.29, 0.717) is 5.56 Å². The smallest absolute Gasteiger partial charge is 0.126 e. The highest BCUT2D eigenvalue weighted by molar-refractivity contribution is 5.70. The predicted octanol–water partition coefficient (Wildman–Crippen LogP) is 4.37. The molecule has 0 radical (unpaired) electrons. The molecule has 2 aromatic rings. The highest BCUT2D eigenvalue weighted by Crippen LogP contribution is 2.27. The van der Waals surface area contributed by atoms with Gasteiger partial charge >= 0.3 is 0 Å². The van der Waals surface area contributed by atoms with Crippen molar-refractivity contribution in [1.29, 1.82) is 0 Å². The number of halogens is 1. The summed E-state index contributed by atoms with van der Waals surface area (Å²) >= 11 is 0. The van der Waals surface area contributed by atoms with Crippen molar-refractivity contribution in [3.05, 3.63) is 65.0 Å². The molecule has 3 rings (SSSR count). The molecule has 0 atom stereocenters. The monoisotopic (exact) mass is 224 g/mol. The third-order valence-electron chi connectivity index (χ3n) is 3.28. The Bertz CT molecular complexity index is 609. The maximum absolute atomic E-state index is 13.5. The molecular weight excluding hydrogens is 211 g/mol. The van der Waals surface area contributed by atoms with Crippen LogP contribution in [0.2, 0.25) is 0 Å². The lowest BCUT2D eigenvalue weighted by atomic mass is 9.99. The zero-order chi connectivity index (χ0) is 11.8. The fourth-order valence-electron chi connectivity index (χ4n) is 2.21. The molecule has 0 spiro atoms. The van der Waals surface area contributed by atoms with Gasteiger partial charge in [0.25, 0.3) is 0 Å². The number of allylic oxidation sites excluding steroid dienone is 1. The van der Waals surface area contributed by atoms with Gasteiger partial charge in [-0.15, -0.1) is 0 Å². The number of hydrogen-bond donors (Lipinski definition) is 0. The zero-order valence-corrected chi connectivity index (χ0v) is 9.70. The first-order chi connectivity index (χ1) is 8.24. The fourth-order valence-corrected chi connectivity index (χ4v) is 2.21. The lowest BCUT2D eigenvalue weighted by Crippen LogP contribution is -1.87. The van der Waals surface area contributed by atoms with Crippen molar-refractivity contribution < 1.29 is 4.39 Å². The topological polar surface area (TPSA) is 0 Å². The van der Waals surface area contributed by atoms with Gasteiger partial charge in [-0.25, -0.2) is 4.39 Å². The molecule has 0 nitrogen and oxygen atoms in total. The molecule has 0 bridgehead atoms. The van der Waals surface area contributed by atoms with Crippen LogP contribution in [0.5, 0.6) is 0 Å². The summed E-state index contributed by atoms with van der Waals surface area (Å²) in [4.78, 5) is 0. The molecule has 1 aliphatic carbocycles. The van der Waals surface area contributed by atoms with Crippen LogP contribution in [0.1, 0.15) is 16.7 Å². The summed E-state index contributed by atoms with van der Waals surface area (Å²) in [6, 6.07) is 11.7. The molecule has 84 valence electrons. The van der Waals surface area contributed by atoms with Gasteiger partial charge in [0.2, 0.25) is 0 Å². The van der Waals surface area contributed by atoms with Gasteiger partial charge in [0.05, 0.1) is 0 Å². The second-order valence-electron chi connectivity index (χ2n) is 4.48. The summed E-state index contributed by atoms with van der Waals surface area (Å²) in [6.45, 7) is 1.78. The van der Waals surface area contributed by atoms with Crippen molar-refractivity contribution >= 4 is 6.08 Å². The second-order valence-corrected chi connectivity index (χ2v) is 4.48.